The van der Waals surface area contributed by atoms with E-state index in [2.05, 4.69) is 10.0 Å². The lowest BCUT2D eigenvalue weighted by Gasteiger charge is -2.13. The molecule has 0 atom stereocenters. The molecule has 2 aromatic carbocycles. The highest BCUT2D eigenvalue weighted by molar-refractivity contribution is 7.92. The van der Waals surface area contributed by atoms with E-state index in [1.165, 1.54) is 12.1 Å². The summed E-state index contributed by atoms with van der Waals surface area (Å²) in [7, 11) is -3.80. The largest absolute Gasteiger partial charge is 0.326 e. The predicted molar refractivity (Wildman–Crippen MR) is 102 cm³/mol. The Labute approximate surface area is 153 Å². The third-order valence-corrected chi connectivity index (χ3v) is 5.19. The highest BCUT2D eigenvalue weighted by Crippen LogP contribution is 2.24. The second-order valence-corrected chi connectivity index (χ2v) is 8.33. The quantitative estimate of drug-likeness (QED) is 0.778. The van der Waals surface area contributed by atoms with E-state index in [1.54, 1.807) is 37.3 Å². The van der Waals surface area contributed by atoms with Crippen LogP contribution in [0.2, 0.25) is 5.02 Å². The van der Waals surface area contributed by atoms with Crippen molar-refractivity contribution in [2.75, 3.05) is 10.0 Å². The predicted octanol–water partition coefficient (Wildman–Crippen LogP) is 4.43. The zero-order chi connectivity index (χ0) is 18.6. The van der Waals surface area contributed by atoms with Gasteiger partial charge in [0, 0.05) is 17.1 Å². The average Bonchev–Trinajstić information content (AvgIpc) is 2.47. The Bertz CT molecular complexity index is 880. The van der Waals surface area contributed by atoms with Crippen LogP contribution in [0.25, 0.3) is 0 Å². The first-order valence-corrected chi connectivity index (χ1v) is 9.72. The summed E-state index contributed by atoms with van der Waals surface area (Å²) >= 11 is 5.89. The molecule has 1 amide bonds. The van der Waals surface area contributed by atoms with Gasteiger partial charge >= 0.3 is 0 Å². The summed E-state index contributed by atoms with van der Waals surface area (Å²) in [6, 6.07) is 11.3. The number of carbonyl (C=O) groups is 1. The number of carbonyl (C=O) groups excluding carboxylic acids is 1. The maximum Gasteiger partial charge on any atom is 0.262 e. The van der Waals surface area contributed by atoms with E-state index < -0.39 is 10.0 Å². The molecule has 0 spiro atoms. The number of amides is 1. The Morgan fingerprint density at radius 1 is 1.12 bits per heavy atom. The number of nitrogens with one attached hydrogen (secondary N) is 2. The summed E-state index contributed by atoms with van der Waals surface area (Å²) < 4.78 is 27.9. The third-order valence-electron chi connectivity index (χ3n) is 3.43. The SMILES string of the molecule is Cc1ccc(NC(=O)CC(C)C)cc1S(=O)(=O)Nc1cccc(Cl)c1. The first kappa shape index (κ1) is 19.3. The minimum absolute atomic E-state index is 0.106. The van der Waals surface area contributed by atoms with Crippen LogP contribution in [0.1, 0.15) is 25.8 Å². The molecule has 0 bridgehead atoms. The van der Waals surface area contributed by atoms with Crippen LogP contribution in [0, 0.1) is 12.8 Å². The highest BCUT2D eigenvalue weighted by atomic mass is 35.5. The number of hydrogen-bond donors (Lipinski definition) is 2. The van der Waals surface area contributed by atoms with Crippen LogP contribution in [-0.4, -0.2) is 14.3 Å². The molecule has 0 fully saturated rings. The number of rotatable bonds is 6. The van der Waals surface area contributed by atoms with E-state index in [0.717, 1.165) is 0 Å². The standard InChI is InChI=1S/C18H21ClN2O3S/c1-12(2)9-18(22)20-15-8-7-13(3)17(11-15)25(23,24)21-16-6-4-5-14(19)10-16/h4-8,10-12,21H,9H2,1-3H3,(H,20,22). The molecule has 0 heterocycles. The van der Waals surface area contributed by atoms with Crippen LogP contribution in [-0.2, 0) is 14.8 Å². The van der Waals surface area contributed by atoms with Gasteiger partial charge in [-0.05, 0) is 48.7 Å². The molecule has 0 aromatic heterocycles. The Morgan fingerprint density at radius 3 is 2.48 bits per heavy atom. The van der Waals surface area contributed by atoms with Crippen molar-refractivity contribution < 1.29 is 13.2 Å². The van der Waals surface area contributed by atoms with E-state index in [0.29, 0.717) is 28.4 Å². The maximum absolute atomic E-state index is 12.7. The van der Waals surface area contributed by atoms with Crippen LogP contribution >= 0.6 is 11.6 Å². The monoisotopic (exact) mass is 380 g/mol. The summed E-state index contributed by atoms with van der Waals surface area (Å²) in [6.07, 6.45) is 0.372. The molecule has 134 valence electrons. The molecule has 0 saturated heterocycles. The second kappa shape index (κ2) is 7.89. The minimum atomic E-state index is -3.80. The van der Waals surface area contributed by atoms with Crippen molar-refractivity contribution in [3.8, 4) is 0 Å². The van der Waals surface area contributed by atoms with E-state index >= 15 is 0 Å². The first-order valence-electron chi connectivity index (χ1n) is 7.86. The highest BCUT2D eigenvalue weighted by Gasteiger charge is 2.18. The number of hydrogen-bond acceptors (Lipinski definition) is 3. The molecule has 2 aromatic rings. The number of sulfonamides is 1. The van der Waals surface area contributed by atoms with Crippen LogP contribution in [0.15, 0.2) is 47.4 Å². The van der Waals surface area contributed by atoms with Crippen molar-refractivity contribution in [3.63, 3.8) is 0 Å². The Kier molecular flexibility index (Phi) is 6.08. The fourth-order valence-electron chi connectivity index (χ4n) is 2.31. The number of aryl methyl sites for hydroxylation is 1. The molecular weight excluding hydrogens is 360 g/mol. The smallest absolute Gasteiger partial charge is 0.262 e. The van der Waals surface area contributed by atoms with Crippen molar-refractivity contribution in [1.82, 2.24) is 0 Å². The molecule has 2 N–H and O–H groups in total. The van der Waals surface area contributed by atoms with Gasteiger partial charge in [0.25, 0.3) is 10.0 Å². The second-order valence-electron chi connectivity index (χ2n) is 6.24. The number of halogens is 1. The molecule has 7 heteroatoms. The summed E-state index contributed by atoms with van der Waals surface area (Å²) in [4.78, 5) is 12.0. The normalized spacial score (nSPS) is 11.4. The van der Waals surface area contributed by atoms with Crippen molar-refractivity contribution >= 4 is 38.9 Å². The van der Waals surface area contributed by atoms with Crippen molar-refractivity contribution in [1.29, 1.82) is 0 Å². The van der Waals surface area contributed by atoms with Crippen molar-refractivity contribution in [2.24, 2.45) is 5.92 Å². The van der Waals surface area contributed by atoms with Gasteiger partial charge in [0.2, 0.25) is 5.91 Å². The first-order chi connectivity index (χ1) is 11.7. The lowest BCUT2D eigenvalue weighted by Crippen LogP contribution is -2.17. The van der Waals surface area contributed by atoms with Gasteiger partial charge in [-0.15, -0.1) is 0 Å². The Hall–Kier alpha value is -2.05. The van der Waals surface area contributed by atoms with E-state index in [1.807, 2.05) is 13.8 Å². The molecule has 0 aliphatic heterocycles. The van der Waals surface area contributed by atoms with E-state index in [-0.39, 0.29) is 16.7 Å². The van der Waals surface area contributed by atoms with Crippen molar-refractivity contribution in [3.05, 3.63) is 53.1 Å². The third kappa shape index (κ3) is 5.47. The van der Waals surface area contributed by atoms with Gasteiger partial charge in [-0.3, -0.25) is 9.52 Å². The lowest BCUT2D eigenvalue weighted by atomic mass is 10.1. The van der Waals surface area contributed by atoms with Crippen LogP contribution in [0.4, 0.5) is 11.4 Å². The Morgan fingerprint density at radius 2 is 1.84 bits per heavy atom. The van der Waals surface area contributed by atoms with Crippen LogP contribution in [0.5, 0.6) is 0 Å². The average molecular weight is 381 g/mol. The van der Waals surface area contributed by atoms with Gasteiger partial charge < -0.3 is 5.32 Å². The van der Waals surface area contributed by atoms with Crippen LogP contribution in [0.3, 0.4) is 0 Å². The number of benzene rings is 2. The topological polar surface area (TPSA) is 75.3 Å². The van der Waals surface area contributed by atoms with Gasteiger partial charge in [0.1, 0.15) is 0 Å². The zero-order valence-electron chi connectivity index (χ0n) is 14.3. The zero-order valence-corrected chi connectivity index (χ0v) is 15.9. The van der Waals surface area contributed by atoms with Gasteiger partial charge in [0.15, 0.2) is 0 Å². The maximum atomic E-state index is 12.7. The van der Waals surface area contributed by atoms with Gasteiger partial charge in [-0.2, -0.15) is 0 Å². The fourth-order valence-corrected chi connectivity index (χ4v) is 3.82. The van der Waals surface area contributed by atoms with Gasteiger partial charge in [0.05, 0.1) is 10.6 Å². The fraction of sp³-hybridized carbons (Fsp3) is 0.278. The van der Waals surface area contributed by atoms with Gasteiger partial charge in [-0.1, -0.05) is 37.6 Å². The minimum Gasteiger partial charge on any atom is -0.326 e. The summed E-state index contributed by atoms with van der Waals surface area (Å²) in [5, 5.41) is 3.17. The Balaban J connectivity index is 2.27. The molecule has 2 rings (SSSR count). The van der Waals surface area contributed by atoms with E-state index in [9.17, 15) is 13.2 Å². The molecule has 25 heavy (non-hydrogen) atoms. The van der Waals surface area contributed by atoms with Crippen LogP contribution < -0.4 is 10.0 Å². The molecular formula is C18H21ClN2O3S. The molecule has 5 nitrogen and oxygen atoms in total. The molecule has 0 saturated carbocycles. The summed E-state index contributed by atoms with van der Waals surface area (Å²) in [5.74, 6) is 0.0724. The lowest BCUT2D eigenvalue weighted by molar-refractivity contribution is -0.116. The summed E-state index contributed by atoms with van der Waals surface area (Å²) in [5.41, 5.74) is 1.40. The number of anilines is 2. The molecule has 0 radical (unpaired) electrons. The molecule has 0 unspecified atom stereocenters. The molecule has 0 aliphatic carbocycles. The van der Waals surface area contributed by atoms with Crippen molar-refractivity contribution in [2.45, 2.75) is 32.1 Å². The molecule has 0 aliphatic rings. The van der Waals surface area contributed by atoms with Gasteiger partial charge in [-0.25, -0.2) is 8.42 Å². The van der Waals surface area contributed by atoms with E-state index in [4.69, 9.17) is 11.6 Å². The summed E-state index contributed by atoms with van der Waals surface area (Å²) in [6.45, 7) is 5.59.